The van der Waals surface area contributed by atoms with Crippen molar-refractivity contribution >= 4 is 59.0 Å². The Hall–Kier alpha value is 0.958. The zero-order chi connectivity index (χ0) is 49.5. The zero-order valence-electron chi connectivity index (χ0n) is 43.8. The summed E-state index contributed by atoms with van der Waals surface area (Å²) in [4.78, 5) is 0. The summed E-state index contributed by atoms with van der Waals surface area (Å²) in [6.07, 6.45) is 4.65. The van der Waals surface area contributed by atoms with E-state index in [4.69, 9.17) is 34.8 Å². The van der Waals surface area contributed by atoms with Gasteiger partial charge in [-0.15, -0.1) is 0 Å². The average molecular weight is 1030 g/mol. The Bertz CT molecular complexity index is 1110. The Morgan fingerprint density at radius 1 is 0.349 bits per heavy atom. The van der Waals surface area contributed by atoms with Crippen LogP contribution in [0.1, 0.15) is 59.3 Å². The SMILES string of the molecule is CCC(CO)(CO)COCCC[Si](C)(C)O[Si](C)(C)O[Si](C)(C)CCCOCC(CC)(CO)CO.CCC(CO)(CO)COCCC[Si](C)(O[Si](C)(C)C)O[Si](C)(C)O[Si](C)(C)C. The van der Waals surface area contributed by atoms with Crippen LogP contribution in [0, 0.1) is 16.2 Å². The highest BCUT2D eigenvalue weighted by atomic mass is 28.5. The van der Waals surface area contributed by atoms with Gasteiger partial charge in [0.05, 0.1) is 59.5 Å². The second kappa shape index (κ2) is 29.9. The Balaban J connectivity index is 0. The molecule has 0 aromatic rings. The van der Waals surface area contributed by atoms with Crippen LogP contribution in [0.25, 0.3) is 0 Å². The van der Waals surface area contributed by atoms with Crippen molar-refractivity contribution < 1.29 is 65.4 Å². The maximum absolute atomic E-state index is 9.54. The van der Waals surface area contributed by atoms with Gasteiger partial charge in [0.15, 0.2) is 33.3 Å². The van der Waals surface area contributed by atoms with Gasteiger partial charge in [0.2, 0.25) is 0 Å². The minimum absolute atomic E-state index is 0.0673. The molecular formula is C42H102O14Si7. The van der Waals surface area contributed by atoms with Crippen LogP contribution in [0.5, 0.6) is 0 Å². The van der Waals surface area contributed by atoms with Crippen molar-refractivity contribution in [3.8, 4) is 0 Å². The molecule has 0 aliphatic rings. The largest absolute Gasteiger partial charge is 0.437 e. The van der Waals surface area contributed by atoms with Gasteiger partial charge in [-0.3, -0.25) is 0 Å². The summed E-state index contributed by atoms with van der Waals surface area (Å²) >= 11 is 0. The summed E-state index contributed by atoms with van der Waals surface area (Å²) in [7, 11) is -14.3. The number of aliphatic hydroxyl groups excluding tert-OH is 6. The van der Waals surface area contributed by atoms with Crippen molar-refractivity contribution in [2.75, 3.05) is 79.3 Å². The highest BCUT2D eigenvalue weighted by molar-refractivity contribution is 6.89. The Morgan fingerprint density at radius 3 is 0.873 bits per heavy atom. The fourth-order valence-electron chi connectivity index (χ4n) is 7.46. The third kappa shape index (κ3) is 30.2. The van der Waals surface area contributed by atoms with Crippen LogP contribution in [-0.4, -0.2) is 169 Å². The molecular weight excluding hydrogens is 925 g/mol. The van der Waals surface area contributed by atoms with Gasteiger partial charge in [0.1, 0.15) is 0 Å². The van der Waals surface area contributed by atoms with E-state index >= 15 is 0 Å². The van der Waals surface area contributed by atoms with Crippen molar-refractivity contribution in [2.45, 2.75) is 176 Å². The lowest BCUT2D eigenvalue weighted by Gasteiger charge is -2.41. The van der Waals surface area contributed by atoms with Crippen molar-refractivity contribution in [3.05, 3.63) is 0 Å². The molecule has 0 saturated heterocycles. The quantitative estimate of drug-likeness (QED) is 0.0259. The summed E-state index contributed by atoms with van der Waals surface area (Å²) in [5.74, 6) is 0. The molecule has 0 bridgehead atoms. The summed E-state index contributed by atoms with van der Waals surface area (Å²) in [6.45, 7) is 41.1. The fraction of sp³-hybridized carbons (Fsp3) is 1.00. The van der Waals surface area contributed by atoms with Crippen LogP contribution in [-0.2, 0) is 34.8 Å². The standard InChI is InChI=1S/C24H56O8Si3.C18H46O6Si4/c1-9-23(17-25,18-26)21-29-13-11-15-33(3,4)31-35(7,8)32-34(5,6)16-12-14-30-22-24(10-2,19-27)20-28;1-11-18(15-19,16-20)17-21-13-12-14-28(10,23-26(5,6)7)24-27(8,9)22-25(2,3)4/h25-28H,9-22H2,1-8H3;19-20H,11-17H2,1-10H3. The van der Waals surface area contributed by atoms with Crippen LogP contribution < -0.4 is 0 Å². The first-order valence-electron chi connectivity index (χ1n) is 23.6. The van der Waals surface area contributed by atoms with Gasteiger partial charge in [0.25, 0.3) is 0 Å². The molecule has 63 heavy (non-hydrogen) atoms. The molecule has 14 nitrogen and oxygen atoms in total. The summed E-state index contributed by atoms with van der Waals surface area (Å²) in [6, 6.07) is 2.78. The Morgan fingerprint density at radius 2 is 0.619 bits per heavy atom. The first-order valence-corrected chi connectivity index (χ1v) is 44.8. The van der Waals surface area contributed by atoms with E-state index in [1.165, 1.54) is 0 Å². The third-order valence-electron chi connectivity index (χ3n) is 11.1. The fourth-order valence-corrected chi connectivity index (χ4v) is 39.4. The molecule has 0 heterocycles. The average Bonchev–Trinajstić information content (AvgIpc) is 3.14. The highest BCUT2D eigenvalue weighted by Crippen LogP contribution is 2.30. The summed E-state index contributed by atoms with van der Waals surface area (Å²) in [5, 5.41) is 57.2. The molecule has 0 aliphatic heterocycles. The Kier molecular flexibility index (Phi) is 31.3. The number of hydrogen-bond acceptors (Lipinski definition) is 14. The number of aliphatic hydroxyl groups is 6. The van der Waals surface area contributed by atoms with Crippen molar-refractivity contribution in [3.63, 3.8) is 0 Å². The minimum atomic E-state index is -2.40. The maximum atomic E-state index is 9.54. The van der Waals surface area contributed by atoms with Gasteiger partial charge in [0, 0.05) is 36.1 Å². The molecule has 0 radical (unpaired) electrons. The lowest BCUT2D eigenvalue weighted by Crippen LogP contribution is -2.56. The van der Waals surface area contributed by atoms with Crippen LogP contribution in [0.15, 0.2) is 0 Å². The van der Waals surface area contributed by atoms with E-state index in [1.807, 2.05) is 20.8 Å². The summed E-state index contributed by atoms with van der Waals surface area (Å²) < 4.78 is 50.3. The van der Waals surface area contributed by atoms with E-state index in [0.717, 1.165) is 37.4 Å². The predicted molar refractivity (Wildman–Crippen MR) is 275 cm³/mol. The highest BCUT2D eigenvalue weighted by Gasteiger charge is 2.44. The molecule has 0 saturated carbocycles. The van der Waals surface area contributed by atoms with Crippen molar-refractivity contribution in [1.29, 1.82) is 0 Å². The van der Waals surface area contributed by atoms with Gasteiger partial charge in [-0.05, 0) is 155 Å². The van der Waals surface area contributed by atoms with E-state index < -0.39 is 75.2 Å². The van der Waals surface area contributed by atoms with Crippen molar-refractivity contribution in [1.82, 2.24) is 0 Å². The van der Waals surface area contributed by atoms with Crippen LogP contribution in [0.3, 0.4) is 0 Å². The summed E-state index contributed by atoms with van der Waals surface area (Å²) in [5.41, 5.74) is -1.65. The van der Waals surface area contributed by atoms with Crippen molar-refractivity contribution in [2.24, 2.45) is 16.2 Å². The smallest absolute Gasteiger partial charge is 0.315 e. The molecule has 1 atom stereocenters. The monoisotopic (exact) mass is 1030 g/mol. The first-order chi connectivity index (χ1) is 28.7. The van der Waals surface area contributed by atoms with E-state index in [0.29, 0.717) is 58.9 Å². The lowest BCUT2D eigenvalue weighted by atomic mass is 9.88. The predicted octanol–water partition coefficient (Wildman–Crippen LogP) is 7.97. The molecule has 0 aromatic carbocycles. The normalized spacial score (nSPS) is 15.0. The molecule has 0 rings (SSSR count). The molecule has 6 N–H and O–H groups in total. The van der Waals surface area contributed by atoms with Crippen LogP contribution >= 0.6 is 0 Å². The molecule has 0 amide bonds. The number of rotatable bonds is 37. The van der Waals surface area contributed by atoms with E-state index in [1.54, 1.807) is 0 Å². The molecule has 0 aliphatic carbocycles. The van der Waals surface area contributed by atoms with Gasteiger partial charge in [-0.25, -0.2) is 0 Å². The minimum Gasteiger partial charge on any atom is -0.437 e. The van der Waals surface area contributed by atoms with E-state index in [9.17, 15) is 30.6 Å². The van der Waals surface area contributed by atoms with Crippen LogP contribution in [0.2, 0.25) is 116 Å². The molecule has 0 spiro atoms. The Labute approximate surface area is 393 Å². The molecule has 382 valence electrons. The third-order valence-corrected chi connectivity index (χ3v) is 36.1. The van der Waals surface area contributed by atoms with E-state index in [2.05, 4.69) is 98.2 Å². The molecule has 21 heteroatoms. The van der Waals surface area contributed by atoms with Gasteiger partial charge in [-0.2, -0.15) is 0 Å². The molecule has 1 unspecified atom stereocenters. The molecule has 0 aromatic heterocycles. The van der Waals surface area contributed by atoms with Gasteiger partial charge < -0.3 is 65.4 Å². The second-order valence-corrected chi connectivity index (χ2v) is 51.1. The second-order valence-electron chi connectivity index (χ2n) is 22.2. The van der Waals surface area contributed by atoms with Crippen LogP contribution in [0.4, 0.5) is 0 Å². The maximum Gasteiger partial charge on any atom is 0.315 e. The first kappa shape index (κ1) is 66.0. The van der Waals surface area contributed by atoms with Gasteiger partial charge in [-0.1, -0.05) is 20.8 Å². The lowest BCUT2D eigenvalue weighted by molar-refractivity contribution is -0.0300. The number of ether oxygens (including phenoxy) is 3. The number of hydrogen-bond donors (Lipinski definition) is 6. The van der Waals surface area contributed by atoms with E-state index in [-0.39, 0.29) is 39.6 Å². The topological polar surface area (TPSA) is 195 Å². The molecule has 0 fully saturated rings. The zero-order valence-corrected chi connectivity index (χ0v) is 50.8. The van der Waals surface area contributed by atoms with Gasteiger partial charge >= 0.3 is 25.7 Å².